The molecule has 24 heavy (non-hydrogen) atoms. The second-order valence-electron chi connectivity index (χ2n) is 7.82. The van der Waals surface area contributed by atoms with Gasteiger partial charge in [-0.3, -0.25) is 10.1 Å². The summed E-state index contributed by atoms with van der Waals surface area (Å²) >= 11 is 0. The van der Waals surface area contributed by atoms with Crippen molar-refractivity contribution in [3.63, 3.8) is 0 Å². The standard InChI is InChI=1S/C18H24N4O2/c1-12(2)13-3-4-15(19-9-13)21-10-18(11-21)7-14(8-18)22-6-5-16(23)20-17(22)24/h3-4,9,12,14H,5-8,10-11H2,1-2H3,(H,20,23,24). The summed E-state index contributed by atoms with van der Waals surface area (Å²) < 4.78 is 0. The van der Waals surface area contributed by atoms with Crippen LogP contribution in [0, 0.1) is 5.41 Å². The number of carbonyl (C=O) groups is 2. The molecule has 0 radical (unpaired) electrons. The number of amides is 3. The number of aromatic nitrogens is 1. The van der Waals surface area contributed by atoms with Gasteiger partial charge in [0.15, 0.2) is 0 Å². The summed E-state index contributed by atoms with van der Waals surface area (Å²) in [5, 5.41) is 2.42. The summed E-state index contributed by atoms with van der Waals surface area (Å²) in [6.07, 6.45) is 4.47. The fourth-order valence-corrected chi connectivity index (χ4v) is 4.20. The number of nitrogens with one attached hydrogen (secondary N) is 1. The molecule has 128 valence electrons. The van der Waals surface area contributed by atoms with Crippen LogP contribution in [0.4, 0.5) is 10.6 Å². The monoisotopic (exact) mass is 328 g/mol. The lowest BCUT2D eigenvalue weighted by Gasteiger charge is -2.61. The Hall–Kier alpha value is -2.11. The topological polar surface area (TPSA) is 65.5 Å². The summed E-state index contributed by atoms with van der Waals surface area (Å²) in [5.74, 6) is 1.40. The highest BCUT2D eigenvalue weighted by Gasteiger charge is 2.55. The van der Waals surface area contributed by atoms with E-state index in [1.165, 1.54) is 5.56 Å². The maximum absolute atomic E-state index is 11.9. The Kier molecular flexibility index (Phi) is 3.51. The molecule has 0 unspecified atom stereocenters. The zero-order valence-corrected chi connectivity index (χ0v) is 14.3. The average molecular weight is 328 g/mol. The third kappa shape index (κ3) is 2.54. The Labute approximate surface area is 142 Å². The first-order valence-corrected chi connectivity index (χ1v) is 8.77. The van der Waals surface area contributed by atoms with E-state index in [2.05, 4.69) is 41.2 Å². The van der Waals surface area contributed by atoms with Crippen molar-refractivity contribution in [2.75, 3.05) is 24.5 Å². The Bertz CT molecular complexity index is 656. The molecule has 1 spiro atoms. The summed E-state index contributed by atoms with van der Waals surface area (Å²) in [7, 11) is 0. The van der Waals surface area contributed by atoms with Crippen LogP contribution in [0.3, 0.4) is 0 Å². The summed E-state index contributed by atoms with van der Waals surface area (Å²) in [6, 6.07) is 4.35. The minimum Gasteiger partial charge on any atom is -0.355 e. The van der Waals surface area contributed by atoms with E-state index in [1.807, 2.05) is 11.1 Å². The number of urea groups is 1. The second-order valence-corrected chi connectivity index (χ2v) is 7.82. The molecule has 1 saturated carbocycles. The number of imide groups is 1. The molecule has 1 aliphatic carbocycles. The first-order valence-electron chi connectivity index (χ1n) is 8.77. The van der Waals surface area contributed by atoms with Crippen LogP contribution in [0.2, 0.25) is 0 Å². The molecule has 1 N–H and O–H groups in total. The molecule has 3 heterocycles. The van der Waals surface area contributed by atoms with Crippen LogP contribution in [0.5, 0.6) is 0 Å². The van der Waals surface area contributed by atoms with Gasteiger partial charge >= 0.3 is 6.03 Å². The number of hydrogen-bond donors (Lipinski definition) is 1. The predicted molar refractivity (Wildman–Crippen MR) is 90.9 cm³/mol. The first-order chi connectivity index (χ1) is 11.5. The zero-order valence-electron chi connectivity index (χ0n) is 14.3. The quantitative estimate of drug-likeness (QED) is 0.923. The van der Waals surface area contributed by atoms with E-state index in [4.69, 9.17) is 0 Å². The van der Waals surface area contributed by atoms with Gasteiger partial charge in [0, 0.05) is 43.7 Å². The summed E-state index contributed by atoms with van der Waals surface area (Å²) in [4.78, 5) is 31.9. The Balaban J connectivity index is 1.31. The normalized spacial score (nSPS) is 23.3. The molecule has 6 nitrogen and oxygen atoms in total. The van der Waals surface area contributed by atoms with Crippen molar-refractivity contribution in [3.8, 4) is 0 Å². The lowest BCUT2D eigenvalue weighted by molar-refractivity contribution is -0.122. The SMILES string of the molecule is CC(C)c1ccc(N2CC3(CC(N4CCC(=O)NC4=O)C3)C2)nc1. The molecule has 2 aliphatic heterocycles. The van der Waals surface area contributed by atoms with E-state index < -0.39 is 0 Å². The van der Waals surface area contributed by atoms with Gasteiger partial charge in [-0.15, -0.1) is 0 Å². The van der Waals surface area contributed by atoms with Crippen LogP contribution in [-0.2, 0) is 4.79 Å². The van der Waals surface area contributed by atoms with E-state index in [0.717, 1.165) is 31.7 Å². The molecular weight excluding hydrogens is 304 g/mol. The smallest absolute Gasteiger partial charge is 0.324 e. The number of nitrogens with zero attached hydrogens (tertiary/aromatic N) is 3. The van der Waals surface area contributed by atoms with Crippen LogP contribution in [-0.4, -0.2) is 47.5 Å². The van der Waals surface area contributed by atoms with Crippen molar-refractivity contribution in [1.82, 2.24) is 15.2 Å². The number of hydrogen-bond acceptors (Lipinski definition) is 4. The van der Waals surface area contributed by atoms with E-state index >= 15 is 0 Å². The highest BCUT2D eigenvalue weighted by molar-refractivity contribution is 5.96. The Morgan fingerprint density at radius 2 is 2.00 bits per heavy atom. The van der Waals surface area contributed by atoms with E-state index in [0.29, 0.717) is 24.3 Å². The molecule has 6 heteroatoms. The van der Waals surface area contributed by atoms with Gasteiger partial charge in [-0.2, -0.15) is 0 Å². The van der Waals surface area contributed by atoms with Gasteiger partial charge in [0.1, 0.15) is 5.82 Å². The Morgan fingerprint density at radius 3 is 2.58 bits per heavy atom. The van der Waals surface area contributed by atoms with E-state index in [9.17, 15) is 9.59 Å². The van der Waals surface area contributed by atoms with E-state index in [1.54, 1.807) is 0 Å². The fraction of sp³-hybridized carbons (Fsp3) is 0.611. The van der Waals surface area contributed by atoms with Crippen molar-refractivity contribution >= 4 is 17.8 Å². The zero-order chi connectivity index (χ0) is 16.9. The fourth-order valence-electron chi connectivity index (χ4n) is 4.20. The van der Waals surface area contributed by atoms with Crippen molar-refractivity contribution in [3.05, 3.63) is 23.9 Å². The van der Waals surface area contributed by atoms with Crippen molar-refractivity contribution in [2.24, 2.45) is 5.41 Å². The summed E-state index contributed by atoms with van der Waals surface area (Å²) in [6.45, 7) is 6.95. The molecule has 1 aromatic rings. The second kappa shape index (κ2) is 5.46. The molecule has 3 aliphatic rings. The lowest BCUT2D eigenvalue weighted by Crippen LogP contribution is -2.68. The van der Waals surface area contributed by atoms with Crippen molar-refractivity contribution < 1.29 is 9.59 Å². The predicted octanol–water partition coefficient (Wildman–Crippen LogP) is 2.12. The number of pyridine rings is 1. The van der Waals surface area contributed by atoms with Gasteiger partial charge in [-0.1, -0.05) is 19.9 Å². The van der Waals surface area contributed by atoms with Gasteiger partial charge in [-0.25, -0.2) is 9.78 Å². The van der Waals surface area contributed by atoms with Crippen LogP contribution in [0.15, 0.2) is 18.3 Å². The minimum absolute atomic E-state index is 0.156. The van der Waals surface area contributed by atoms with Gasteiger partial charge in [0.25, 0.3) is 0 Å². The molecule has 3 fully saturated rings. The third-order valence-electron chi connectivity index (χ3n) is 5.68. The van der Waals surface area contributed by atoms with Crippen molar-refractivity contribution in [2.45, 2.75) is 45.1 Å². The van der Waals surface area contributed by atoms with Crippen LogP contribution < -0.4 is 10.2 Å². The highest BCUT2D eigenvalue weighted by Crippen LogP contribution is 2.51. The van der Waals surface area contributed by atoms with Crippen LogP contribution >= 0.6 is 0 Å². The largest absolute Gasteiger partial charge is 0.355 e. The van der Waals surface area contributed by atoms with Gasteiger partial charge in [-0.05, 0) is 30.4 Å². The Morgan fingerprint density at radius 1 is 1.25 bits per heavy atom. The first kappa shape index (κ1) is 15.4. The molecule has 2 saturated heterocycles. The minimum atomic E-state index is -0.215. The molecule has 0 atom stereocenters. The van der Waals surface area contributed by atoms with Gasteiger partial charge in [0.2, 0.25) is 5.91 Å². The van der Waals surface area contributed by atoms with Crippen LogP contribution in [0.1, 0.15) is 44.6 Å². The van der Waals surface area contributed by atoms with Crippen molar-refractivity contribution in [1.29, 1.82) is 0 Å². The lowest BCUT2D eigenvalue weighted by atomic mass is 9.60. The molecular formula is C18H24N4O2. The number of anilines is 1. The highest BCUT2D eigenvalue weighted by atomic mass is 16.2. The van der Waals surface area contributed by atoms with E-state index in [-0.39, 0.29) is 18.0 Å². The maximum Gasteiger partial charge on any atom is 0.324 e. The molecule has 4 rings (SSSR count). The van der Waals surface area contributed by atoms with Crippen LogP contribution in [0.25, 0.3) is 0 Å². The van der Waals surface area contributed by atoms with Gasteiger partial charge in [0.05, 0.1) is 0 Å². The molecule has 0 aromatic carbocycles. The summed E-state index contributed by atoms with van der Waals surface area (Å²) in [5.41, 5.74) is 1.61. The number of rotatable bonds is 3. The van der Waals surface area contributed by atoms with Gasteiger partial charge < -0.3 is 9.80 Å². The molecule has 1 aromatic heterocycles. The third-order valence-corrected chi connectivity index (χ3v) is 5.68. The number of carbonyl (C=O) groups excluding carboxylic acids is 2. The molecule has 0 bridgehead atoms. The average Bonchev–Trinajstić information content (AvgIpc) is 2.46. The maximum atomic E-state index is 11.9. The molecule has 3 amide bonds.